The molecule has 7 heteroatoms. The van der Waals surface area contributed by atoms with E-state index < -0.39 is 0 Å². The summed E-state index contributed by atoms with van der Waals surface area (Å²) in [5.74, 6) is 0.0556. The highest BCUT2D eigenvalue weighted by Gasteiger charge is 2.21. The minimum atomic E-state index is -0.0937. The van der Waals surface area contributed by atoms with Gasteiger partial charge in [-0.25, -0.2) is 0 Å². The fourth-order valence-corrected chi connectivity index (χ4v) is 3.00. The Bertz CT molecular complexity index is 522. The highest BCUT2D eigenvalue weighted by atomic mass is 32.1. The van der Waals surface area contributed by atoms with E-state index in [1.165, 1.54) is 11.3 Å². The molecule has 1 aromatic rings. The Kier molecular flexibility index (Phi) is 5.94. The molecule has 6 nitrogen and oxygen atoms in total. The average Bonchev–Trinajstić information content (AvgIpc) is 3.05. The fourth-order valence-electron chi connectivity index (χ4n) is 2.37. The van der Waals surface area contributed by atoms with E-state index in [2.05, 4.69) is 5.32 Å². The van der Waals surface area contributed by atoms with Crippen LogP contribution >= 0.6 is 11.3 Å². The van der Waals surface area contributed by atoms with Crippen molar-refractivity contribution in [3.05, 3.63) is 22.4 Å². The number of carbonyl (C=O) groups excluding carboxylic acids is 3. The van der Waals surface area contributed by atoms with E-state index in [0.717, 1.165) is 0 Å². The monoisotopic (exact) mass is 323 g/mol. The van der Waals surface area contributed by atoms with Crippen molar-refractivity contribution in [2.75, 3.05) is 32.7 Å². The lowest BCUT2D eigenvalue weighted by Gasteiger charge is -2.34. The van der Waals surface area contributed by atoms with Crippen molar-refractivity contribution in [1.82, 2.24) is 15.1 Å². The minimum absolute atomic E-state index is 0.0586. The first-order valence-corrected chi connectivity index (χ1v) is 8.36. The molecule has 0 atom stereocenters. The van der Waals surface area contributed by atoms with Gasteiger partial charge in [-0.05, 0) is 17.9 Å². The summed E-state index contributed by atoms with van der Waals surface area (Å²) in [7, 11) is 0. The van der Waals surface area contributed by atoms with Gasteiger partial charge in [-0.3, -0.25) is 14.4 Å². The molecule has 1 aromatic heterocycles. The topological polar surface area (TPSA) is 69.7 Å². The second-order valence-electron chi connectivity index (χ2n) is 5.26. The first-order chi connectivity index (χ1) is 10.6. The van der Waals surface area contributed by atoms with Gasteiger partial charge in [-0.1, -0.05) is 0 Å². The summed E-state index contributed by atoms with van der Waals surface area (Å²) in [6, 6.07) is 1.78. The predicted octanol–water partition coefficient (Wildman–Crippen LogP) is 0.949. The molecule has 0 bridgehead atoms. The van der Waals surface area contributed by atoms with Gasteiger partial charge < -0.3 is 15.1 Å². The summed E-state index contributed by atoms with van der Waals surface area (Å²) in [5.41, 5.74) is 0.664. The molecular formula is C15H21N3O3S. The van der Waals surface area contributed by atoms with Crippen LogP contribution in [0.15, 0.2) is 16.8 Å². The smallest absolute Gasteiger partial charge is 0.252 e. The normalized spacial score (nSPS) is 14.8. The summed E-state index contributed by atoms with van der Waals surface area (Å²) in [6.07, 6.45) is 1.05. The van der Waals surface area contributed by atoms with Gasteiger partial charge in [0.25, 0.3) is 5.91 Å². The zero-order valence-electron chi connectivity index (χ0n) is 12.7. The van der Waals surface area contributed by atoms with E-state index in [0.29, 0.717) is 51.1 Å². The molecule has 0 saturated carbocycles. The molecule has 0 unspecified atom stereocenters. The standard InChI is InChI=1S/C15H21N3O3S/c1-12(19)17-6-8-18(9-7-17)14(20)3-2-5-16-15(21)13-4-10-22-11-13/h4,10-11H,2-3,5-9H2,1H3,(H,16,21). The molecule has 1 saturated heterocycles. The van der Waals surface area contributed by atoms with E-state index in [1.807, 2.05) is 5.38 Å². The summed E-state index contributed by atoms with van der Waals surface area (Å²) < 4.78 is 0. The molecule has 1 aliphatic heterocycles. The summed E-state index contributed by atoms with van der Waals surface area (Å²) in [4.78, 5) is 38.6. The van der Waals surface area contributed by atoms with Crippen LogP contribution < -0.4 is 5.32 Å². The Labute approximate surface area is 134 Å². The van der Waals surface area contributed by atoms with Gasteiger partial charge >= 0.3 is 0 Å². The van der Waals surface area contributed by atoms with E-state index >= 15 is 0 Å². The lowest BCUT2D eigenvalue weighted by Crippen LogP contribution is -2.50. The van der Waals surface area contributed by atoms with Crippen molar-refractivity contribution >= 4 is 29.1 Å². The van der Waals surface area contributed by atoms with Gasteiger partial charge in [-0.2, -0.15) is 11.3 Å². The van der Waals surface area contributed by atoms with Crippen LogP contribution in [0.25, 0.3) is 0 Å². The Hall–Kier alpha value is -1.89. The summed E-state index contributed by atoms with van der Waals surface area (Å²) >= 11 is 1.48. The molecule has 2 rings (SSSR count). The first kappa shape index (κ1) is 16.5. The SMILES string of the molecule is CC(=O)N1CCN(C(=O)CCCNC(=O)c2ccsc2)CC1. The van der Waals surface area contributed by atoms with Gasteiger partial charge in [0.2, 0.25) is 11.8 Å². The van der Waals surface area contributed by atoms with Crippen molar-refractivity contribution in [3.63, 3.8) is 0 Å². The third-order valence-electron chi connectivity index (χ3n) is 3.71. The number of rotatable bonds is 5. The van der Waals surface area contributed by atoms with Crippen LogP contribution in [0, 0.1) is 0 Å². The van der Waals surface area contributed by atoms with E-state index in [-0.39, 0.29) is 17.7 Å². The maximum atomic E-state index is 12.1. The van der Waals surface area contributed by atoms with Crippen LogP contribution in [0.3, 0.4) is 0 Å². The molecule has 0 aliphatic carbocycles. The number of nitrogens with one attached hydrogen (secondary N) is 1. The average molecular weight is 323 g/mol. The predicted molar refractivity (Wildman–Crippen MR) is 84.7 cm³/mol. The van der Waals surface area contributed by atoms with E-state index in [4.69, 9.17) is 0 Å². The quantitative estimate of drug-likeness (QED) is 0.820. The third-order valence-corrected chi connectivity index (χ3v) is 4.40. The lowest BCUT2D eigenvalue weighted by atomic mass is 10.2. The zero-order valence-corrected chi connectivity index (χ0v) is 13.5. The largest absolute Gasteiger partial charge is 0.352 e. The second kappa shape index (κ2) is 7.93. The number of amides is 3. The molecule has 3 amide bonds. The summed E-state index contributed by atoms with van der Waals surface area (Å²) in [6.45, 7) is 4.45. The highest BCUT2D eigenvalue weighted by molar-refractivity contribution is 7.08. The molecule has 0 aromatic carbocycles. The number of nitrogens with zero attached hydrogens (tertiary/aromatic N) is 2. The lowest BCUT2D eigenvalue weighted by molar-refractivity contribution is -0.138. The second-order valence-corrected chi connectivity index (χ2v) is 6.04. The van der Waals surface area contributed by atoms with Crippen molar-refractivity contribution in [2.45, 2.75) is 19.8 Å². The maximum absolute atomic E-state index is 12.1. The van der Waals surface area contributed by atoms with Crippen LogP contribution in [-0.2, 0) is 9.59 Å². The minimum Gasteiger partial charge on any atom is -0.352 e. The molecule has 0 radical (unpaired) electrons. The maximum Gasteiger partial charge on any atom is 0.252 e. The molecule has 2 heterocycles. The zero-order chi connectivity index (χ0) is 15.9. The van der Waals surface area contributed by atoms with Crippen molar-refractivity contribution < 1.29 is 14.4 Å². The van der Waals surface area contributed by atoms with E-state index in [1.54, 1.807) is 28.2 Å². The Morgan fingerprint density at radius 3 is 2.45 bits per heavy atom. The molecule has 22 heavy (non-hydrogen) atoms. The van der Waals surface area contributed by atoms with Crippen LogP contribution in [-0.4, -0.2) is 60.2 Å². The summed E-state index contributed by atoms with van der Waals surface area (Å²) in [5, 5.41) is 6.47. The van der Waals surface area contributed by atoms with Crippen molar-refractivity contribution in [2.24, 2.45) is 0 Å². The molecule has 0 spiro atoms. The molecule has 1 N–H and O–H groups in total. The van der Waals surface area contributed by atoms with Crippen molar-refractivity contribution in [1.29, 1.82) is 0 Å². The van der Waals surface area contributed by atoms with Crippen LogP contribution in [0.2, 0.25) is 0 Å². The van der Waals surface area contributed by atoms with Gasteiger partial charge in [0, 0.05) is 57.0 Å². The Balaban J connectivity index is 1.62. The number of thiophene rings is 1. The fraction of sp³-hybridized carbons (Fsp3) is 0.533. The Morgan fingerprint density at radius 1 is 1.18 bits per heavy atom. The number of hydrogen-bond acceptors (Lipinski definition) is 4. The molecule has 1 aliphatic rings. The first-order valence-electron chi connectivity index (χ1n) is 7.41. The van der Waals surface area contributed by atoms with Crippen molar-refractivity contribution in [3.8, 4) is 0 Å². The van der Waals surface area contributed by atoms with Gasteiger partial charge in [-0.15, -0.1) is 0 Å². The Morgan fingerprint density at radius 2 is 1.86 bits per heavy atom. The highest BCUT2D eigenvalue weighted by Crippen LogP contribution is 2.07. The molecular weight excluding hydrogens is 302 g/mol. The number of piperazine rings is 1. The van der Waals surface area contributed by atoms with Crippen LogP contribution in [0.1, 0.15) is 30.1 Å². The third kappa shape index (κ3) is 4.56. The number of carbonyl (C=O) groups is 3. The van der Waals surface area contributed by atoms with Crippen LogP contribution in [0.4, 0.5) is 0 Å². The van der Waals surface area contributed by atoms with Crippen LogP contribution in [0.5, 0.6) is 0 Å². The van der Waals surface area contributed by atoms with Gasteiger partial charge in [0.1, 0.15) is 0 Å². The van der Waals surface area contributed by atoms with E-state index in [9.17, 15) is 14.4 Å². The van der Waals surface area contributed by atoms with Gasteiger partial charge in [0.15, 0.2) is 0 Å². The molecule has 120 valence electrons. The van der Waals surface area contributed by atoms with Gasteiger partial charge in [0.05, 0.1) is 0 Å². The number of hydrogen-bond donors (Lipinski definition) is 1. The molecule has 1 fully saturated rings.